The van der Waals surface area contributed by atoms with Crippen LogP contribution in [0.2, 0.25) is 0 Å². The molecule has 0 aliphatic rings. The molecule has 0 aliphatic heterocycles. The average molecular weight is 537 g/mol. The van der Waals surface area contributed by atoms with Crippen molar-refractivity contribution in [3.8, 4) is 27.9 Å². The third-order valence-corrected chi connectivity index (χ3v) is 8.19. The molecule has 42 heavy (non-hydrogen) atoms. The van der Waals surface area contributed by atoms with Gasteiger partial charge in [0.1, 0.15) is 0 Å². The lowest BCUT2D eigenvalue weighted by Crippen LogP contribution is -1.96. The highest BCUT2D eigenvalue weighted by molar-refractivity contribution is 6.10. The molecule has 198 valence electrons. The van der Waals surface area contributed by atoms with E-state index in [9.17, 15) is 0 Å². The first kappa shape index (κ1) is 24.2. The maximum Gasteiger partial charge on any atom is 0.0541 e. The first-order valence-electron chi connectivity index (χ1n) is 14.4. The van der Waals surface area contributed by atoms with Crippen LogP contribution in [0.25, 0.3) is 60.5 Å². The van der Waals surface area contributed by atoms with E-state index in [1.54, 1.807) is 0 Å². The summed E-state index contributed by atoms with van der Waals surface area (Å²) in [4.78, 5) is 0. The molecule has 0 amide bonds. The first-order valence-corrected chi connectivity index (χ1v) is 14.4. The monoisotopic (exact) mass is 536 g/mol. The van der Waals surface area contributed by atoms with Crippen molar-refractivity contribution >= 4 is 44.0 Å². The van der Waals surface area contributed by atoms with Gasteiger partial charge < -0.3 is 9.88 Å². The second kappa shape index (κ2) is 10.1. The highest BCUT2D eigenvalue weighted by atomic mass is 15.0. The molecule has 0 radical (unpaired) electrons. The normalized spacial score (nSPS) is 11.3. The molecule has 0 fully saturated rings. The van der Waals surface area contributed by atoms with Crippen LogP contribution in [-0.4, -0.2) is 4.57 Å². The molecule has 2 nitrogen and oxygen atoms in total. The van der Waals surface area contributed by atoms with Gasteiger partial charge in [-0.05, 0) is 69.9 Å². The zero-order chi connectivity index (χ0) is 27.9. The molecule has 2 heteroatoms. The van der Waals surface area contributed by atoms with E-state index in [0.717, 1.165) is 17.1 Å². The number of rotatable bonds is 5. The molecule has 1 heterocycles. The van der Waals surface area contributed by atoms with Gasteiger partial charge >= 0.3 is 0 Å². The van der Waals surface area contributed by atoms with E-state index in [4.69, 9.17) is 0 Å². The molecule has 0 saturated carbocycles. The lowest BCUT2D eigenvalue weighted by molar-refractivity contribution is 1.18. The van der Waals surface area contributed by atoms with Gasteiger partial charge in [-0.3, -0.25) is 0 Å². The van der Waals surface area contributed by atoms with Gasteiger partial charge in [0, 0.05) is 33.4 Å². The number of nitrogens with one attached hydrogen (secondary N) is 1. The van der Waals surface area contributed by atoms with Gasteiger partial charge in [-0.25, -0.2) is 0 Å². The lowest BCUT2D eigenvalue weighted by atomic mass is 9.91. The minimum Gasteiger partial charge on any atom is -0.355 e. The number of nitrogens with zero attached hydrogens (tertiary/aromatic N) is 1. The number of para-hydroxylation sites is 3. The van der Waals surface area contributed by atoms with Crippen molar-refractivity contribution in [1.82, 2.24) is 4.57 Å². The predicted octanol–water partition coefficient (Wildman–Crippen LogP) is 11.0. The van der Waals surface area contributed by atoms with Gasteiger partial charge in [-0.15, -0.1) is 0 Å². The molecular weight excluding hydrogens is 508 g/mol. The fraction of sp³-hybridized carbons (Fsp3) is 0. The van der Waals surface area contributed by atoms with Crippen molar-refractivity contribution in [1.29, 1.82) is 0 Å². The van der Waals surface area contributed by atoms with Gasteiger partial charge in [0.15, 0.2) is 0 Å². The molecule has 0 atom stereocenters. The Balaban J connectivity index is 1.20. The molecule has 8 aromatic rings. The summed E-state index contributed by atoms with van der Waals surface area (Å²) in [5.74, 6) is 0. The standard InChI is InChI=1S/C40H28N2/c1-2-12-28(13-3-1)32-19-10-14-29-15-11-20-36(40(29)32)33-16-4-7-21-37(33)41-30-24-26-31(27-25-30)42-38-22-8-5-17-34(38)35-18-6-9-23-39(35)42/h1-27,41H. The summed E-state index contributed by atoms with van der Waals surface area (Å²) >= 11 is 0. The van der Waals surface area contributed by atoms with Crippen LogP contribution in [-0.2, 0) is 0 Å². The summed E-state index contributed by atoms with van der Waals surface area (Å²) in [6.07, 6.45) is 0. The van der Waals surface area contributed by atoms with Crippen LogP contribution in [0.1, 0.15) is 0 Å². The Kier molecular flexibility index (Phi) is 5.82. The number of fused-ring (bicyclic) bond motifs is 4. The van der Waals surface area contributed by atoms with Crippen molar-refractivity contribution in [2.75, 3.05) is 5.32 Å². The van der Waals surface area contributed by atoms with Crippen LogP contribution in [0.15, 0.2) is 164 Å². The Bertz CT molecular complexity index is 2150. The summed E-state index contributed by atoms with van der Waals surface area (Å²) in [7, 11) is 0. The van der Waals surface area contributed by atoms with Gasteiger partial charge in [0.25, 0.3) is 0 Å². The Morgan fingerprint density at radius 1 is 0.405 bits per heavy atom. The SMILES string of the molecule is c1ccc(-c2cccc3cccc(-c4ccccc4Nc4ccc(-n5c6ccccc6c6ccccc65)cc4)c23)cc1. The number of benzene rings is 7. The van der Waals surface area contributed by atoms with E-state index in [-0.39, 0.29) is 0 Å². The smallest absolute Gasteiger partial charge is 0.0541 e. The van der Waals surface area contributed by atoms with Crippen molar-refractivity contribution in [2.45, 2.75) is 0 Å². The second-order valence-electron chi connectivity index (χ2n) is 10.7. The van der Waals surface area contributed by atoms with Crippen molar-refractivity contribution in [3.05, 3.63) is 164 Å². The number of anilines is 2. The number of aromatic nitrogens is 1. The van der Waals surface area contributed by atoms with Crippen LogP contribution in [0.3, 0.4) is 0 Å². The summed E-state index contributed by atoms with van der Waals surface area (Å²) in [6.45, 7) is 0. The Hall–Kier alpha value is -5.60. The number of hydrogen-bond acceptors (Lipinski definition) is 1. The molecule has 0 unspecified atom stereocenters. The van der Waals surface area contributed by atoms with Gasteiger partial charge in [0.05, 0.1) is 11.0 Å². The lowest BCUT2D eigenvalue weighted by Gasteiger charge is -2.17. The fourth-order valence-electron chi connectivity index (χ4n) is 6.30. The molecule has 0 aliphatic carbocycles. The van der Waals surface area contributed by atoms with Crippen LogP contribution in [0.5, 0.6) is 0 Å². The fourth-order valence-corrected chi connectivity index (χ4v) is 6.30. The molecule has 0 saturated heterocycles. The maximum absolute atomic E-state index is 3.73. The quantitative estimate of drug-likeness (QED) is 0.231. The third-order valence-electron chi connectivity index (χ3n) is 8.19. The van der Waals surface area contributed by atoms with E-state index in [1.807, 2.05) is 0 Å². The van der Waals surface area contributed by atoms with Crippen LogP contribution < -0.4 is 5.32 Å². The van der Waals surface area contributed by atoms with Crippen molar-refractivity contribution in [3.63, 3.8) is 0 Å². The highest BCUT2D eigenvalue weighted by Crippen LogP contribution is 2.40. The molecule has 1 aromatic heterocycles. The summed E-state index contributed by atoms with van der Waals surface area (Å²) in [5, 5.41) is 8.78. The van der Waals surface area contributed by atoms with E-state index in [2.05, 4.69) is 174 Å². The highest BCUT2D eigenvalue weighted by Gasteiger charge is 2.14. The Morgan fingerprint density at radius 3 is 1.69 bits per heavy atom. The Morgan fingerprint density at radius 2 is 0.976 bits per heavy atom. The summed E-state index contributed by atoms with van der Waals surface area (Å²) < 4.78 is 2.35. The Labute approximate surface area is 245 Å². The average Bonchev–Trinajstić information content (AvgIpc) is 3.40. The predicted molar refractivity (Wildman–Crippen MR) is 179 cm³/mol. The van der Waals surface area contributed by atoms with Crippen LogP contribution >= 0.6 is 0 Å². The minimum absolute atomic E-state index is 1.05. The van der Waals surface area contributed by atoms with Gasteiger partial charge in [-0.2, -0.15) is 0 Å². The molecular formula is C40H28N2. The molecule has 1 N–H and O–H groups in total. The summed E-state index contributed by atoms with van der Waals surface area (Å²) in [5.41, 5.74) is 10.6. The van der Waals surface area contributed by atoms with E-state index in [0.29, 0.717) is 0 Å². The van der Waals surface area contributed by atoms with E-state index >= 15 is 0 Å². The summed E-state index contributed by atoms with van der Waals surface area (Å²) in [6, 6.07) is 58.5. The number of hydrogen-bond donors (Lipinski definition) is 1. The zero-order valence-corrected chi connectivity index (χ0v) is 23.0. The van der Waals surface area contributed by atoms with Gasteiger partial charge in [-0.1, -0.05) is 121 Å². The molecule has 0 spiro atoms. The second-order valence-corrected chi connectivity index (χ2v) is 10.7. The topological polar surface area (TPSA) is 17.0 Å². The first-order chi connectivity index (χ1) is 20.8. The largest absolute Gasteiger partial charge is 0.355 e. The minimum atomic E-state index is 1.05. The maximum atomic E-state index is 3.73. The van der Waals surface area contributed by atoms with Crippen LogP contribution in [0.4, 0.5) is 11.4 Å². The van der Waals surface area contributed by atoms with E-state index < -0.39 is 0 Å². The van der Waals surface area contributed by atoms with Crippen molar-refractivity contribution < 1.29 is 0 Å². The third kappa shape index (κ3) is 4.05. The molecule has 7 aromatic carbocycles. The molecule has 8 rings (SSSR count). The van der Waals surface area contributed by atoms with E-state index in [1.165, 1.54) is 54.8 Å². The van der Waals surface area contributed by atoms with Crippen molar-refractivity contribution in [2.24, 2.45) is 0 Å². The zero-order valence-electron chi connectivity index (χ0n) is 23.0. The van der Waals surface area contributed by atoms with Crippen LogP contribution in [0, 0.1) is 0 Å². The van der Waals surface area contributed by atoms with Gasteiger partial charge in [0.2, 0.25) is 0 Å². The molecule has 0 bridgehead atoms.